The van der Waals surface area contributed by atoms with E-state index in [4.69, 9.17) is 5.26 Å². The first-order chi connectivity index (χ1) is 7.74. The van der Waals surface area contributed by atoms with Crippen molar-refractivity contribution in [1.29, 1.82) is 5.26 Å². The summed E-state index contributed by atoms with van der Waals surface area (Å²) in [6.45, 7) is 0. The number of nitrogens with zero attached hydrogens (tertiary/aromatic N) is 3. The average Bonchev–Trinajstić information content (AvgIpc) is 2.31. The number of benzene rings is 1. The Labute approximate surface area is 99.7 Å². The van der Waals surface area contributed by atoms with E-state index in [1.807, 2.05) is 6.07 Å². The Morgan fingerprint density at radius 3 is 2.69 bits per heavy atom. The van der Waals surface area contributed by atoms with Crippen LogP contribution in [0, 0.1) is 17.1 Å². The topological polar surface area (TPSA) is 49.6 Å². The van der Waals surface area contributed by atoms with Gasteiger partial charge in [0.05, 0.1) is 0 Å². The van der Waals surface area contributed by atoms with Crippen LogP contribution in [0.1, 0.15) is 5.69 Å². The molecule has 0 atom stereocenters. The van der Waals surface area contributed by atoms with E-state index in [0.717, 1.165) is 4.47 Å². The molecule has 5 heteroatoms. The van der Waals surface area contributed by atoms with E-state index >= 15 is 0 Å². The maximum Gasteiger partial charge on any atom is 0.185 e. The number of aromatic nitrogens is 2. The van der Waals surface area contributed by atoms with E-state index < -0.39 is 5.82 Å². The lowest BCUT2D eigenvalue weighted by molar-refractivity contribution is 0.613. The first-order valence-electron chi connectivity index (χ1n) is 4.39. The number of hydrogen-bond acceptors (Lipinski definition) is 3. The Morgan fingerprint density at radius 2 is 2.00 bits per heavy atom. The van der Waals surface area contributed by atoms with Crippen LogP contribution in [0.3, 0.4) is 0 Å². The van der Waals surface area contributed by atoms with Crippen molar-refractivity contribution in [3.63, 3.8) is 0 Å². The van der Waals surface area contributed by atoms with Crippen molar-refractivity contribution in [2.24, 2.45) is 0 Å². The van der Waals surface area contributed by atoms with E-state index in [0.29, 0.717) is 5.56 Å². The average molecular weight is 278 g/mol. The van der Waals surface area contributed by atoms with Gasteiger partial charge in [0, 0.05) is 10.0 Å². The van der Waals surface area contributed by atoms with Crippen molar-refractivity contribution in [3.05, 3.63) is 46.6 Å². The summed E-state index contributed by atoms with van der Waals surface area (Å²) in [5.74, 6) is -0.697. The maximum atomic E-state index is 13.8. The third-order valence-electron chi connectivity index (χ3n) is 2.02. The van der Waals surface area contributed by atoms with Crippen LogP contribution in [-0.4, -0.2) is 9.97 Å². The number of rotatable bonds is 1. The molecular weight excluding hydrogens is 273 g/mol. The summed E-state index contributed by atoms with van der Waals surface area (Å²) in [5.41, 5.74) is 0.471. The van der Waals surface area contributed by atoms with Crippen LogP contribution in [0.25, 0.3) is 11.3 Å². The van der Waals surface area contributed by atoms with Crippen LogP contribution >= 0.6 is 15.9 Å². The molecule has 0 spiro atoms. The molecule has 1 aromatic heterocycles. The first-order valence-corrected chi connectivity index (χ1v) is 5.19. The molecular formula is C11H5BrFN3. The van der Waals surface area contributed by atoms with Crippen LogP contribution in [0.4, 0.5) is 4.39 Å². The van der Waals surface area contributed by atoms with Crippen molar-refractivity contribution in [2.75, 3.05) is 0 Å². The number of hydrogen-bond donors (Lipinski definition) is 0. The minimum absolute atomic E-state index is 0.124. The molecule has 1 heterocycles. The summed E-state index contributed by atoms with van der Waals surface area (Å²) in [4.78, 5) is 7.40. The Kier molecular flexibility index (Phi) is 2.93. The standard InChI is InChI=1S/C11H5BrFN3/c12-8-4-2-1-3-7(8)11-10(13)9(5-14)15-6-16-11/h1-4,6H. The van der Waals surface area contributed by atoms with Gasteiger partial charge in [-0.1, -0.05) is 34.1 Å². The SMILES string of the molecule is N#Cc1ncnc(-c2ccccc2Br)c1F. The van der Waals surface area contributed by atoms with E-state index in [2.05, 4.69) is 25.9 Å². The van der Waals surface area contributed by atoms with Crippen LogP contribution in [0.5, 0.6) is 0 Å². The van der Waals surface area contributed by atoms with Gasteiger partial charge in [0.2, 0.25) is 0 Å². The van der Waals surface area contributed by atoms with Gasteiger partial charge in [0.1, 0.15) is 18.1 Å². The molecule has 0 saturated heterocycles. The van der Waals surface area contributed by atoms with Crippen molar-refractivity contribution in [3.8, 4) is 17.3 Å². The molecule has 78 valence electrons. The van der Waals surface area contributed by atoms with Gasteiger partial charge in [-0.3, -0.25) is 0 Å². The summed E-state index contributed by atoms with van der Waals surface area (Å²) in [6.07, 6.45) is 1.18. The second kappa shape index (κ2) is 4.37. The second-order valence-electron chi connectivity index (χ2n) is 2.98. The Bertz CT molecular complexity index is 578. The van der Waals surface area contributed by atoms with Gasteiger partial charge < -0.3 is 0 Å². The third kappa shape index (κ3) is 1.79. The van der Waals surface area contributed by atoms with E-state index in [1.165, 1.54) is 6.33 Å². The van der Waals surface area contributed by atoms with Crippen LogP contribution in [0.15, 0.2) is 35.1 Å². The number of nitriles is 1. The molecule has 2 rings (SSSR count). The van der Waals surface area contributed by atoms with Crippen molar-refractivity contribution < 1.29 is 4.39 Å². The Hall–Kier alpha value is -1.80. The molecule has 16 heavy (non-hydrogen) atoms. The van der Waals surface area contributed by atoms with Gasteiger partial charge in [-0.05, 0) is 6.07 Å². The normalized spacial score (nSPS) is 9.81. The van der Waals surface area contributed by atoms with E-state index in [1.54, 1.807) is 24.3 Å². The second-order valence-corrected chi connectivity index (χ2v) is 3.83. The molecule has 2 aromatic rings. The van der Waals surface area contributed by atoms with Crippen molar-refractivity contribution in [2.45, 2.75) is 0 Å². The Morgan fingerprint density at radius 1 is 1.25 bits per heavy atom. The predicted octanol–water partition coefficient (Wildman–Crippen LogP) is 2.92. The smallest absolute Gasteiger partial charge is 0.185 e. The minimum Gasteiger partial charge on any atom is -0.233 e. The fourth-order valence-electron chi connectivity index (χ4n) is 1.29. The summed E-state index contributed by atoms with van der Waals surface area (Å²) in [5, 5.41) is 8.67. The highest BCUT2D eigenvalue weighted by molar-refractivity contribution is 9.10. The molecule has 0 fully saturated rings. The Balaban J connectivity index is 2.67. The fourth-order valence-corrected chi connectivity index (χ4v) is 1.76. The summed E-state index contributed by atoms with van der Waals surface area (Å²) >= 11 is 3.30. The largest absolute Gasteiger partial charge is 0.233 e. The molecule has 0 aliphatic heterocycles. The lowest BCUT2D eigenvalue weighted by Gasteiger charge is -2.04. The van der Waals surface area contributed by atoms with E-state index in [9.17, 15) is 4.39 Å². The molecule has 0 radical (unpaired) electrons. The summed E-state index contributed by atoms with van der Waals surface area (Å²) in [6, 6.07) is 8.77. The molecule has 0 unspecified atom stereocenters. The third-order valence-corrected chi connectivity index (χ3v) is 2.72. The summed E-state index contributed by atoms with van der Waals surface area (Å²) < 4.78 is 14.5. The fraction of sp³-hybridized carbons (Fsp3) is 0. The molecule has 0 aliphatic rings. The van der Waals surface area contributed by atoms with E-state index in [-0.39, 0.29) is 11.4 Å². The van der Waals surface area contributed by atoms with Gasteiger partial charge in [0.25, 0.3) is 0 Å². The first kappa shape index (κ1) is 10.7. The molecule has 0 N–H and O–H groups in total. The number of halogens is 2. The quantitative estimate of drug-likeness (QED) is 0.805. The molecule has 0 saturated carbocycles. The van der Waals surface area contributed by atoms with Gasteiger partial charge in [-0.25, -0.2) is 14.4 Å². The van der Waals surface area contributed by atoms with Crippen molar-refractivity contribution >= 4 is 15.9 Å². The minimum atomic E-state index is -0.697. The van der Waals surface area contributed by atoms with Gasteiger partial charge in [-0.15, -0.1) is 0 Å². The zero-order valence-electron chi connectivity index (χ0n) is 7.98. The summed E-state index contributed by atoms with van der Waals surface area (Å²) in [7, 11) is 0. The molecule has 1 aromatic carbocycles. The zero-order chi connectivity index (χ0) is 11.5. The maximum absolute atomic E-state index is 13.8. The zero-order valence-corrected chi connectivity index (χ0v) is 9.57. The van der Waals surface area contributed by atoms with Gasteiger partial charge in [0.15, 0.2) is 11.5 Å². The molecule has 3 nitrogen and oxygen atoms in total. The highest BCUT2D eigenvalue weighted by Crippen LogP contribution is 2.28. The van der Waals surface area contributed by atoms with Gasteiger partial charge >= 0.3 is 0 Å². The van der Waals surface area contributed by atoms with Crippen LogP contribution < -0.4 is 0 Å². The lowest BCUT2D eigenvalue weighted by Crippen LogP contribution is -1.96. The van der Waals surface area contributed by atoms with Crippen molar-refractivity contribution in [1.82, 2.24) is 9.97 Å². The monoisotopic (exact) mass is 277 g/mol. The van der Waals surface area contributed by atoms with Gasteiger partial charge in [-0.2, -0.15) is 5.26 Å². The van der Waals surface area contributed by atoms with Crippen LogP contribution in [0.2, 0.25) is 0 Å². The van der Waals surface area contributed by atoms with Crippen LogP contribution in [-0.2, 0) is 0 Å². The highest BCUT2D eigenvalue weighted by atomic mass is 79.9. The molecule has 0 amide bonds. The highest BCUT2D eigenvalue weighted by Gasteiger charge is 2.14. The predicted molar refractivity (Wildman–Crippen MR) is 59.8 cm³/mol. The lowest BCUT2D eigenvalue weighted by atomic mass is 10.1. The molecule has 0 aliphatic carbocycles. The molecule has 0 bridgehead atoms.